The van der Waals surface area contributed by atoms with Gasteiger partial charge >= 0.3 is 0 Å². The van der Waals surface area contributed by atoms with Gasteiger partial charge in [0.05, 0.1) is 6.10 Å². The van der Waals surface area contributed by atoms with Gasteiger partial charge in [0.25, 0.3) is 0 Å². The number of hydrogen-bond donors (Lipinski definition) is 1. The van der Waals surface area contributed by atoms with Crippen LogP contribution in [0.5, 0.6) is 0 Å². The Labute approximate surface area is 119 Å². The minimum atomic E-state index is -0.312. The summed E-state index contributed by atoms with van der Waals surface area (Å²) in [6, 6.07) is 12.5. The summed E-state index contributed by atoms with van der Waals surface area (Å²) in [6.45, 7) is 3.06. The van der Waals surface area contributed by atoms with Crippen LogP contribution in [0.25, 0.3) is 0 Å². The van der Waals surface area contributed by atoms with Crippen molar-refractivity contribution in [2.24, 2.45) is 0 Å². The van der Waals surface area contributed by atoms with E-state index in [4.69, 9.17) is 0 Å². The number of aromatic nitrogens is 1. The number of thioether (sulfide) groups is 1. The largest absolute Gasteiger partial charge is 0.388 e. The molecule has 0 saturated carbocycles. The smallest absolute Gasteiger partial charge is 0.0804 e. The number of benzene rings is 1. The van der Waals surface area contributed by atoms with Gasteiger partial charge in [-0.25, -0.2) is 0 Å². The molecule has 1 heterocycles. The second kappa shape index (κ2) is 7.41. The van der Waals surface area contributed by atoms with Crippen LogP contribution in [-0.2, 0) is 6.54 Å². The zero-order chi connectivity index (χ0) is 13.5. The van der Waals surface area contributed by atoms with E-state index in [-0.39, 0.29) is 6.10 Å². The van der Waals surface area contributed by atoms with Crippen LogP contribution in [0.15, 0.2) is 53.7 Å². The molecule has 3 heteroatoms. The van der Waals surface area contributed by atoms with Gasteiger partial charge in [-0.05, 0) is 30.2 Å². The first-order chi connectivity index (χ1) is 9.29. The zero-order valence-corrected chi connectivity index (χ0v) is 12.1. The van der Waals surface area contributed by atoms with Gasteiger partial charge in [0, 0.05) is 29.6 Å². The van der Waals surface area contributed by atoms with Crippen LogP contribution in [0.2, 0.25) is 0 Å². The van der Waals surface area contributed by atoms with E-state index in [0.717, 1.165) is 30.7 Å². The SMILES string of the molecule is CCCC(O)c1ccn(CCSc2ccccc2)c1. The number of aliphatic hydroxyl groups excluding tert-OH is 1. The summed E-state index contributed by atoms with van der Waals surface area (Å²) in [7, 11) is 0. The van der Waals surface area contributed by atoms with Crippen LogP contribution in [-0.4, -0.2) is 15.4 Å². The lowest BCUT2D eigenvalue weighted by molar-refractivity contribution is 0.166. The molecular weight excluding hydrogens is 254 g/mol. The fourth-order valence-corrected chi connectivity index (χ4v) is 2.91. The van der Waals surface area contributed by atoms with Gasteiger partial charge in [-0.1, -0.05) is 31.5 Å². The molecule has 0 spiro atoms. The number of aryl methyl sites for hydroxylation is 1. The molecule has 2 aromatic rings. The molecule has 2 nitrogen and oxygen atoms in total. The Morgan fingerprint density at radius 3 is 2.74 bits per heavy atom. The average molecular weight is 275 g/mol. The Bertz CT molecular complexity index is 481. The van der Waals surface area contributed by atoms with Crippen LogP contribution >= 0.6 is 11.8 Å². The Balaban J connectivity index is 1.80. The van der Waals surface area contributed by atoms with Crippen LogP contribution < -0.4 is 0 Å². The molecule has 102 valence electrons. The number of nitrogens with zero attached hydrogens (tertiary/aromatic N) is 1. The van der Waals surface area contributed by atoms with E-state index in [1.165, 1.54) is 4.90 Å². The van der Waals surface area contributed by atoms with Crippen molar-refractivity contribution in [1.82, 2.24) is 4.57 Å². The lowest BCUT2D eigenvalue weighted by Gasteiger charge is -2.06. The van der Waals surface area contributed by atoms with E-state index in [1.807, 2.05) is 23.9 Å². The lowest BCUT2D eigenvalue weighted by atomic mass is 10.1. The van der Waals surface area contributed by atoms with Gasteiger partial charge in [0.1, 0.15) is 0 Å². The van der Waals surface area contributed by atoms with Crippen molar-refractivity contribution in [3.63, 3.8) is 0 Å². The molecule has 19 heavy (non-hydrogen) atoms. The molecule has 0 fully saturated rings. The fraction of sp³-hybridized carbons (Fsp3) is 0.375. The molecule has 1 N–H and O–H groups in total. The average Bonchev–Trinajstić information content (AvgIpc) is 2.89. The van der Waals surface area contributed by atoms with Gasteiger partial charge in [0.2, 0.25) is 0 Å². The third-order valence-electron chi connectivity index (χ3n) is 3.08. The highest BCUT2D eigenvalue weighted by Gasteiger charge is 2.07. The molecule has 2 rings (SSSR count). The Hall–Kier alpha value is -1.19. The second-order valence-corrected chi connectivity index (χ2v) is 5.82. The Morgan fingerprint density at radius 2 is 2.00 bits per heavy atom. The maximum absolute atomic E-state index is 9.92. The number of rotatable bonds is 7. The molecule has 0 aliphatic carbocycles. The van der Waals surface area contributed by atoms with Crippen molar-refractivity contribution < 1.29 is 5.11 Å². The molecule has 1 aromatic carbocycles. The van der Waals surface area contributed by atoms with E-state index in [9.17, 15) is 5.11 Å². The summed E-state index contributed by atoms with van der Waals surface area (Å²) in [5, 5.41) is 9.92. The van der Waals surface area contributed by atoms with Crippen molar-refractivity contribution in [3.05, 3.63) is 54.4 Å². The number of hydrogen-bond acceptors (Lipinski definition) is 2. The molecule has 0 bridgehead atoms. The van der Waals surface area contributed by atoms with Gasteiger partial charge in [-0.15, -0.1) is 11.8 Å². The highest BCUT2D eigenvalue weighted by molar-refractivity contribution is 7.99. The predicted molar refractivity (Wildman–Crippen MR) is 81.5 cm³/mol. The van der Waals surface area contributed by atoms with E-state index in [2.05, 4.69) is 48.1 Å². The predicted octanol–water partition coefficient (Wildman–Crippen LogP) is 4.11. The maximum Gasteiger partial charge on any atom is 0.0804 e. The molecule has 0 aliphatic heterocycles. The summed E-state index contributed by atoms with van der Waals surface area (Å²) in [4.78, 5) is 1.31. The summed E-state index contributed by atoms with van der Waals surface area (Å²) in [5.41, 5.74) is 1.03. The van der Waals surface area contributed by atoms with E-state index < -0.39 is 0 Å². The van der Waals surface area contributed by atoms with E-state index >= 15 is 0 Å². The molecule has 0 radical (unpaired) electrons. The topological polar surface area (TPSA) is 25.2 Å². The van der Waals surface area contributed by atoms with Crippen LogP contribution in [0.4, 0.5) is 0 Å². The van der Waals surface area contributed by atoms with Crippen LogP contribution in [0.3, 0.4) is 0 Å². The van der Waals surface area contributed by atoms with Crippen LogP contribution in [0.1, 0.15) is 31.4 Å². The highest BCUT2D eigenvalue weighted by atomic mass is 32.2. The molecule has 0 amide bonds. The number of aliphatic hydroxyl groups is 1. The van der Waals surface area contributed by atoms with Crippen molar-refractivity contribution in [1.29, 1.82) is 0 Å². The summed E-state index contributed by atoms with van der Waals surface area (Å²) in [5.74, 6) is 1.04. The lowest BCUT2D eigenvalue weighted by Crippen LogP contribution is -1.98. The van der Waals surface area contributed by atoms with Crippen molar-refractivity contribution in [3.8, 4) is 0 Å². The first kappa shape index (κ1) is 14.2. The Morgan fingerprint density at radius 1 is 1.21 bits per heavy atom. The van der Waals surface area contributed by atoms with Crippen molar-refractivity contribution >= 4 is 11.8 Å². The molecule has 1 aromatic heterocycles. The van der Waals surface area contributed by atoms with E-state index in [1.54, 1.807) is 0 Å². The fourth-order valence-electron chi connectivity index (χ4n) is 2.02. The first-order valence-electron chi connectivity index (χ1n) is 6.81. The van der Waals surface area contributed by atoms with E-state index in [0.29, 0.717) is 0 Å². The van der Waals surface area contributed by atoms with Gasteiger partial charge < -0.3 is 9.67 Å². The summed E-state index contributed by atoms with van der Waals surface area (Å²) >= 11 is 1.86. The highest BCUT2D eigenvalue weighted by Crippen LogP contribution is 2.20. The minimum Gasteiger partial charge on any atom is -0.388 e. The second-order valence-electron chi connectivity index (χ2n) is 4.65. The molecular formula is C16H21NOS. The van der Waals surface area contributed by atoms with Gasteiger partial charge in [-0.2, -0.15) is 0 Å². The molecule has 1 unspecified atom stereocenters. The molecule has 0 saturated heterocycles. The molecule has 0 aliphatic rings. The third kappa shape index (κ3) is 4.44. The van der Waals surface area contributed by atoms with Gasteiger partial charge in [-0.3, -0.25) is 0 Å². The van der Waals surface area contributed by atoms with Gasteiger partial charge in [0.15, 0.2) is 0 Å². The zero-order valence-electron chi connectivity index (χ0n) is 11.3. The summed E-state index contributed by atoms with van der Waals surface area (Å²) < 4.78 is 2.16. The standard InChI is InChI=1S/C16H21NOS/c1-2-6-16(18)14-9-10-17(13-14)11-12-19-15-7-4-3-5-8-15/h3-5,7-10,13,16,18H,2,6,11-12H2,1H3. The normalized spacial score (nSPS) is 12.5. The third-order valence-corrected chi connectivity index (χ3v) is 4.07. The summed E-state index contributed by atoms with van der Waals surface area (Å²) in [6.07, 6.45) is 5.65. The quantitative estimate of drug-likeness (QED) is 0.769. The Kier molecular flexibility index (Phi) is 5.55. The monoisotopic (exact) mass is 275 g/mol. The van der Waals surface area contributed by atoms with Crippen molar-refractivity contribution in [2.75, 3.05) is 5.75 Å². The first-order valence-corrected chi connectivity index (χ1v) is 7.79. The minimum absolute atomic E-state index is 0.312. The molecule has 1 atom stereocenters. The maximum atomic E-state index is 9.92. The van der Waals surface area contributed by atoms with Crippen LogP contribution in [0, 0.1) is 0 Å². The van der Waals surface area contributed by atoms with Crippen molar-refractivity contribution in [2.45, 2.75) is 37.3 Å².